The summed E-state index contributed by atoms with van der Waals surface area (Å²) in [7, 11) is 0. The molecule has 0 N–H and O–H groups in total. The minimum atomic E-state index is -0.0675. The lowest BCUT2D eigenvalue weighted by molar-refractivity contribution is 0.297. The molecule has 1 aliphatic rings. The van der Waals surface area contributed by atoms with Crippen LogP contribution in [-0.2, 0) is 0 Å². The SMILES string of the molecule is CC(C)CC(C#N)c1ccc2c(c1)OCCCO2. The van der Waals surface area contributed by atoms with Crippen LogP contribution in [0.4, 0.5) is 0 Å². The molecule has 0 saturated carbocycles. The molecule has 18 heavy (non-hydrogen) atoms. The van der Waals surface area contributed by atoms with Crippen molar-refractivity contribution in [3.63, 3.8) is 0 Å². The van der Waals surface area contributed by atoms with Gasteiger partial charge in [0.15, 0.2) is 11.5 Å². The Bertz CT molecular complexity index is 448. The van der Waals surface area contributed by atoms with Gasteiger partial charge in [0.25, 0.3) is 0 Å². The van der Waals surface area contributed by atoms with Crippen LogP contribution >= 0.6 is 0 Å². The first-order valence-corrected chi connectivity index (χ1v) is 6.50. The summed E-state index contributed by atoms with van der Waals surface area (Å²) in [6.45, 7) is 5.64. The molecule has 1 unspecified atom stereocenters. The number of nitriles is 1. The fourth-order valence-corrected chi connectivity index (χ4v) is 2.13. The van der Waals surface area contributed by atoms with Crippen molar-refractivity contribution in [2.45, 2.75) is 32.6 Å². The number of hydrogen-bond donors (Lipinski definition) is 0. The topological polar surface area (TPSA) is 42.2 Å². The normalized spacial score (nSPS) is 15.9. The zero-order chi connectivity index (χ0) is 13.0. The van der Waals surface area contributed by atoms with Gasteiger partial charge in [0.1, 0.15) is 0 Å². The van der Waals surface area contributed by atoms with Crippen LogP contribution in [0.1, 0.15) is 38.2 Å². The molecule has 1 atom stereocenters. The predicted molar refractivity (Wildman–Crippen MR) is 69.9 cm³/mol. The van der Waals surface area contributed by atoms with E-state index in [2.05, 4.69) is 19.9 Å². The summed E-state index contributed by atoms with van der Waals surface area (Å²) in [5, 5.41) is 9.27. The minimum absolute atomic E-state index is 0.0675. The predicted octanol–water partition coefficient (Wildman–Crippen LogP) is 3.50. The van der Waals surface area contributed by atoms with Crippen molar-refractivity contribution < 1.29 is 9.47 Å². The number of benzene rings is 1. The highest BCUT2D eigenvalue weighted by molar-refractivity contribution is 5.45. The largest absolute Gasteiger partial charge is 0.490 e. The third-order valence-corrected chi connectivity index (χ3v) is 3.04. The first-order valence-electron chi connectivity index (χ1n) is 6.50. The van der Waals surface area contributed by atoms with E-state index in [0.29, 0.717) is 19.1 Å². The molecule has 1 aromatic rings. The minimum Gasteiger partial charge on any atom is -0.490 e. The molecular weight excluding hydrogens is 226 g/mol. The van der Waals surface area contributed by atoms with Crippen LogP contribution in [0.5, 0.6) is 11.5 Å². The van der Waals surface area contributed by atoms with Crippen molar-refractivity contribution in [1.82, 2.24) is 0 Å². The van der Waals surface area contributed by atoms with Crippen LogP contribution in [0.25, 0.3) is 0 Å². The van der Waals surface area contributed by atoms with E-state index in [9.17, 15) is 5.26 Å². The Morgan fingerprint density at radius 2 is 1.94 bits per heavy atom. The smallest absolute Gasteiger partial charge is 0.161 e. The summed E-state index contributed by atoms with van der Waals surface area (Å²) < 4.78 is 11.2. The molecule has 2 rings (SSSR count). The van der Waals surface area contributed by atoms with E-state index >= 15 is 0 Å². The lowest BCUT2D eigenvalue weighted by atomic mass is 9.91. The maximum atomic E-state index is 9.27. The lowest BCUT2D eigenvalue weighted by Crippen LogP contribution is -2.01. The average molecular weight is 245 g/mol. The van der Waals surface area contributed by atoms with Crippen molar-refractivity contribution in [2.24, 2.45) is 5.92 Å². The van der Waals surface area contributed by atoms with E-state index in [1.165, 1.54) is 0 Å². The molecule has 1 aliphatic heterocycles. The lowest BCUT2D eigenvalue weighted by Gasteiger charge is -2.14. The van der Waals surface area contributed by atoms with Gasteiger partial charge in [0.05, 0.1) is 25.2 Å². The first-order chi connectivity index (χ1) is 8.70. The third kappa shape index (κ3) is 2.95. The Morgan fingerprint density at radius 3 is 2.61 bits per heavy atom. The van der Waals surface area contributed by atoms with E-state index < -0.39 is 0 Å². The number of fused-ring (bicyclic) bond motifs is 1. The second-order valence-corrected chi connectivity index (χ2v) is 5.07. The second-order valence-electron chi connectivity index (χ2n) is 5.07. The molecule has 96 valence electrons. The Balaban J connectivity index is 2.24. The van der Waals surface area contributed by atoms with Crippen molar-refractivity contribution in [3.8, 4) is 17.6 Å². The number of rotatable bonds is 3. The maximum Gasteiger partial charge on any atom is 0.161 e. The van der Waals surface area contributed by atoms with Gasteiger partial charge in [-0.15, -0.1) is 0 Å². The number of nitrogens with zero attached hydrogens (tertiary/aromatic N) is 1. The molecular formula is C15H19NO2. The van der Waals surface area contributed by atoms with Crippen molar-refractivity contribution >= 4 is 0 Å². The van der Waals surface area contributed by atoms with Crippen LogP contribution in [0.2, 0.25) is 0 Å². The maximum absolute atomic E-state index is 9.27. The van der Waals surface area contributed by atoms with Gasteiger partial charge in [0, 0.05) is 6.42 Å². The van der Waals surface area contributed by atoms with Crippen molar-refractivity contribution in [1.29, 1.82) is 5.26 Å². The Morgan fingerprint density at radius 1 is 1.22 bits per heavy atom. The highest BCUT2D eigenvalue weighted by Gasteiger charge is 2.17. The molecule has 3 heteroatoms. The van der Waals surface area contributed by atoms with Crippen LogP contribution in [0.3, 0.4) is 0 Å². The van der Waals surface area contributed by atoms with E-state index in [0.717, 1.165) is 29.9 Å². The molecule has 0 radical (unpaired) electrons. The summed E-state index contributed by atoms with van der Waals surface area (Å²) in [6, 6.07) is 8.22. The summed E-state index contributed by atoms with van der Waals surface area (Å²) in [4.78, 5) is 0. The number of hydrogen-bond acceptors (Lipinski definition) is 3. The van der Waals surface area contributed by atoms with Crippen LogP contribution in [0, 0.1) is 17.2 Å². The molecule has 0 aromatic heterocycles. The Kier molecular flexibility index (Phi) is 4.09. The standard InChI is InChI=1S/C15H19NO2/c1-11(2)8-13(10-16)12-4-5-14-15(9-12)18-7-3-6-17-14/h4-5,9,11,13H,3,6-8H2,1-2H3. The van der Waals surface area contributed by atoms with Gasteiger partial charge in [0.2, 0.25) is 0 Å². The van der Waals surface area contributed by atoms with Gasteiger partial charge in [-0.2, -0.15) is 5.26 Å². The van der Waals surface area contributed by atoms with E-state index in [1.807, 2.05) is 18.2 Å². The second kappa shape index (κ2) is 5.77. The molecule has 0 spiro atoms. The zero-order valence-corrected chi connectivity index (χ0v) is 11.0. The first kappa shape index (κ1) is 12.8. The molecule has 0 saturated heterocycles. The molecule has 1 heterocycles. The van der Waals surface area contributed by atoms with Crippen LogP contribution in [0.15, 0.2) is 18.2 Å². The van der Waals surface area contributed by atoms with Crippen molar-refractivity contribution in [3.05, 3.63) is 23.8 Å². The van der Waals surface area contributed by atoms with Crippen LogP contribution < -0.4 is 9.47 Å². The van der Waals surface area contributed by atoms with Gasteiger partial charge < -0.3 is 9.47 Å². The van der Waals surface area contributed by atoms with E-state index in [1.54, 1.807) is 0 Å². The average Bonchev–Trinajstić information content (AvgIpc) is 2.59. The fourth-order valence-electron chi connectivity index (χ4n) is 2.13. The summed E-state index contributed by atoms with van der Waals surface area (Å²) in [5.74, 6) is 2.00. The summed E-state index contributed by atoms with van der Waals surface area (Å²) in [6.07, 6.45) is 1.77. The monoisotopic (exact) mass is 245 g/mol. The Hall–Kier alpha value is -1.69. The van der Waals surface area contributed by atoms with E-state index in [4.69, 9.17) is 9.47 Å². The van der Waals surface area contributed by atoms with Crippen LogP contribution in [-0.4, -0.2) is 13.2 Å². The van der Waals surface area contributed by atoms with Crippen molar-refractivity contribution in [2.75, 3.05) is 13.2 Å². The number of ether oxygens (including phenoxy) is 2. The highest BCUT2D eigenvalue weighted by Crippen LogP contribution is 2.34. The molecule has 0 aliphatic carbocycles. The van der Waals surface area contributed by atoms with Gasteiger partial charge in [-0.1, -0.05) is 19.9 Å². The van der Waals surface area contributed by atoms with Gasteiger partial charge >= 0.3 is 0 Å². The quantitative estimate of drug-likeness (QED) is 0.818. The molecule has 0 fully saturated rings. The fraction of sp³-hybridized carbons (Fsp3) is 0.533. The van der Waals surface area contributed by atoms with Gasteiger partial charge in [-0.25, -0.2) is 0 Å². The van der Waals surface area contributed by atoms with Gasteiger partial charge in [-0.3, -0.25) is 0 Å². The zero-order valence-electron chi connectivity index (χ0n) is 11.0. The molecule has 3 nitrogen and oxygen atoms in total. The molecule has 1 aromatic carbocycles. The molecule has 0 bridgehead atoms. The summed E-state index contributed by atoms with van der Waals surface area (Å²) >= 11 is 0. The van der Waals surface area contributed by atoms with Gasteiger partial charge in [-0.05, 0) is 30.0 Å². The Labute approximate surface area is 108 Å². The summed E-state index contributed by atoms with van der Waals surface area (Å²) in [5.41, 5.74) is 1.02. The van der Waals surface area contributed by atoms with E-state index in [-0.39, 0.29) is 5.92 Å². The highest BCUT2D eigenvalue weighted by atomic mass is 16.5. The third-order valence-electron chi connectivity index (χ3n) is 3.04. The molecule has 0 amide bonds.